The van der Waals surface area contributed by atoms with Crippen molar-refractivity contribution < 1.29 is 32.2 Å². The fraction of sp³-hybridized carbons (Fsp3) is 0.444. The van der Waals surface area contributed by atoms with E-state index in [4.69, 9.17) is 9.47 Å². The molecule has 0 radical (unpaired) electrons. The summed E-state index contributed by atoms with van der Waals surface area (Å²) in [5.74, 6) is -2.18. The molecular formula is C18H22F3NO4. The second-order valence-corrected chi connectivity index (χ2v) is 5.70. The Morgan fingerprint density at radius 3 is 2.23 bits per heavy atom. The molecule has 0 spiro atoms. The molecule has 1 amide bonds. The van der Waals surface area contributed by atoms with Crippen LogP contribution in [0.2, 0.25) is 0 Å². The molecule has 0 unspecified atom stereocenters. The molecule has 1 rings (SSSR count). The molecule has 144 valence electrons. The Kier molecular flexibility index (Phi) is 7.23. The zero-order chi connectivity index (χ0) is 20.0. The molecule has 5 nitrogen and oxygen atoms in total. The second kappa shape index (κ2) is 8.73. The van der Waals surface area contributed by atoms with E-state index in [2.05, 4.69) is 6.58 Å². The lowest BCUT2D eigenvalue weighted by molar-refractivity contribution is -0.171. The Bertz CT molecular complexity index is 643. The van der Waals surface area contributed by atoms with Crippen molar-refractivity contribution in [2.24, 2.45) is 0 Å². The van der Waals surface area contributed by atoms with E-state index in [9.17, 15) is 22.8 Å². The van der Waals surface area contributed by atoms with E-state index in [0.717, 1.165) is 0 Å². The van der Waals surface area contributed by atoms with Crippen molar-refractivity contribution in [3.05, 3.63) is 36.9 Å². The average molecular weight is 373 g/mol. The smallest absolute Gasteiger partial charge is 0.471 e. The summed E-state index contributed by atoms with van der Waals surface area (Å²) in [6.07, 6.45) is -4.11. The number of hydrogen-bond acceptors (Lipinski definition) is 4. The van der Waals surface area contributed by atoms with Gasteiger partial charge in [0.05, 0.1) is 19.3 Å². The van der Waals surface area contributed by atoms with Crippen molar-refractivity contribution >= 4 is 17.6 Å². The number of alkyl halides is 3. The Labute approximate surface area is 150 Å². The molecule has 1 aromatic rings. The summed E-state index contributed by atoms with van der Waals surface area (Å²) in [5, 5.41) is 0. The predicted molar refractivity (Wildman–Crippen MR) is 91.0 cm³/mol. The normalized spacial score (nSPS) is 13.5. The molecule has 0 aliphatic rings. The minimum atomic E-state index is -5.09. The maximum Gasteiger partial charge on any atom is 0.471 e. The van der Waals surface area contributed by atoms with Gasteiger partial charge in [0.15, 0.2) is 0 Å². The molecule has 0 saturated carbocycles. The van der Waals surface area contributed by atoms with E-state index in [0.29, 0.717) is 10.6 Å². The van der Waals surface area contributed by atoms with Gasteiger partial charge in [0.25, 0.3) is 0 Å². The number of halogens is 3. The van der Waals surface area contributed by atoms with Crippen LogP contribution in [0.3, 0.4) is 0 Å². The van der Waals surface area contributed by atoms with Crippen LogP contribution in [0.5, 0.6) is 5.75 Å². The van der Waals surface area contributed by atoms with Crippen LogP contribution in [0.1, 0.15) is 26.7 Å². The van der Waals surface area contributed by atoms with Crippen LogP contribution in [0.15, 0.2) is 36.9 Å². The Balaban J connectivity index is 3.28. The summed E-state index contributed by atoms with van der Waals surface area (Å²) in [6.45, 7) is 6.76. The van der Waals surface area contributed by atoms with Gasteiger partial charge < -0.3 is 9.47 Å². The molecule has 0 saturated heterocycles. The number of ether oxygens (including phenoxy) is 2. The van der Waals surface area contributed by atoms with Crippen molar-refractivity contribution in [1.82, 2.24) is 0 Å². The van der Waals surface area contributed by atoms with Crippen LogP contribution in [0.25, 0.3) is 0 Å². The first kappa shape index (κ1) is 21.5. The molecular weight excluding hydrogens is 351 g/mol. The van der Waals surface area contributed by atoms with Gasteiger partial charge in [-0.1, -0.05) is 6.08 Å². The fourth-order valence-corrected chi connectivity index (χ4v) is 2.40. The standard InChI is InChI=1S/C18H22F3NO4/c1-5-17(3,12-11-15(23)26-6-2)22(16(24)18(19,20)21)13-7-9-14(25-4)10-8-13/h5,7-10H,1,6,11-12H2,2-4H3/t17-/m1/s1. The van der Waals surface area contributed by atoms with Crippen LogP contribution < -0.4 is 9.64 Å². The van der Waals surface area contributed by atoms with Gasteiger partial charge in [-0.3, -0.25) is 14.5 Å². The number of rotatable bonds is 8. The van der Waals surface area contributed by atoms with Gasteiger partial charge in [-0.15, -0.1) is 6.58 Å². The highest BCUT2D eigenvalue weighted by atomic mass is 19.4. The van der Waals surface area contributed by atoms with Crippen LogP contribution in [-0.2, 0) is 14.3 Å². The number of methoxy groups -OCH3 is 1. The van der Waals surface area contributed by atoms with Crippen molar-refractivity contribution in [2.45, 2.75) is 38.4 Å². The second-order valence-electron chi connectivity index (χ2n) is 5.70. The quantitative estimate of drug-likeness (QED) is 0.513. The third kappa shape index (κ3) is 5.24. The molecule has 1 aromatic carbocycles. The number of carbonyl (C=O) groups is 2. The molecule has 26 heavy (non-hydrogen) atoms. The Morgan fingerprint density at radius 2 is 1.81 bits per heavy atom. The van der Waals surface area contributed by atoms with E-state index in [1.165, 1.54) is 44.4 Å². The molecule has 8 heteroatoms. The minimum Gasteiger partial charge on any atom is -0.497 e. The third-order valence-corrected chi connectivity index (χ3v) is 3.87. The third-order valence-electron chi connectivity index (χ3n) is 3.87. The lowest BCUT2D eigenvalue weighted by atomic mass is 9.92. The molecule has 1 atom stereocenters. The van der Waals surface area contributed by atoms with E-state index in [-0.39, 0.29) is 25.1 Å². The number of nitrogens with zero attached hydrogens (tertiary/aromatic N) is 1. The highest BCUT2D eigenvalue weighted by molar-refractivity contribution is 5.99. The molecule has 0 aliphatic heterocycles. The number of esters is 1. The summed E-state index contributed by atoms with van der Waals surface area (Å²) >= 11 is 0. The Morgan fingerprint density at radius 1 is 1.23 bits per heavy atom. The monoisotopic (exact) mass is 373 g/mol. The molecule has 0 bridgehead atoms. The van der Waals surface area contributed by atoms with Crippen molar-refractivity contribution in [3.8, 4) is 5.75 Å². The number of benzene rings is 1. The van der Waals surface area contributed by atoms with Gasteiger partial charge in [-0.2, -0.15) is 13.2 Å². The maximum absolute atomic E-state index is 13.2. The highest BCUT2D eigenvalue weighted by Crippen LogP contribution is 2.34. The van der Waals surface area contributed by atoms with Crippen LogP contribution in [0.4, 0.5) is 18.9 Å². The van der Waals surface area contributed by atoms with Gasteiger partial charge >= 0.3 is 18.1 Å². The molecule has 0 fully saturated rings. The number of hydrogen-bond donors (Lipinski definition) is 0. The summed E-state index contributed by atoms with van der Waals surface area (Å²) in [6, 6.07) is 5.57. The lowest BCUT2D eigenvalue weighted by Crippen LogP contribution is -2.54. The summed E-state index contributed by atoms with van der Waals surface area (Å²) in [4.78, 5) is 24.3. The van der Waals surface area contributed by atoms with Crippen molar-refractivity contribution in [1.29, 1.82) is 0 Å². The first-order valence-corrected chi connectivity index (χ1v) is 7.93. The lowest BCUT2D eigenvalue weighted by Gasteiger charge is -2.39. The van der Waals surface area contributed by atoms with Crippen molar-refractivity contribution in [2.75, 3.05) is 18.6 Å². The van der Waals surface area contributed by atoms with Crippen LogP contribution >= 0.6 is 0 Å². The first-order chi connectivity index (χ1) is 12.1. The Hall–Kier alpha value is -2.51. The number of amides is 1. The topological polar surface area (TPSA) is 55.8 Å². The van der Waals surface area contributed by atoms with E-state index >= 15 is 0 Å². The molecule has 0 heterocycles. The van der Waals surface area contributed by atoms with E-state index in [1.54, 1.807) is 6.92 Å². The van der Waals surface area contributed by atoms with Crippen LogP contribution in [-0.4, -0.2) is 37.3 Å². The highest BCUT2D eigenvalue weighted by Gasteiger charge is 2.48. The van der Waals surface area contributed by atoms with Gasteiger partial charge in [0.2, 0.25) is 0 Å². The largest absolute Gasteiger partial charge is 0.497 e. The zero-order valence-electron chi connectivity index (χ0n) is 14.9. The number of carbonyl (C=O) groups excluding carboxylic acids is 2. The number of anilines is 1. The zero-order valence-corrected chi connectivity index (χ0v) is 14.9. The first-order valence-electron chi connectivity index (χ1n) is 7.93. The summed E-state index contributed by atoms with van der Waals surface area (Å²) < 4.78 is 49.3. The minimum absolute atomic E-state index is 0.0133. The summed E-state index contributed by atoms with van der Waals surface area (Å²) in [7, 11) is 1.42. The van der Waals surface area contributed by atoms with E-state index < -0.39 is 23.6 Å². The molecule has 0 aromatic heterocycles. The van der Waals surface area contributed by atoms with E-state index in [1.807, 2.05) is 0 Å². The summed E-state index contributed by atoms with van der Waals surface area (Å²) in [5.41, 5.74) is -1.44. The molecule has 0 N–H and O–H groups in total. The molecule has 0 aliphatic carbocycles. The predicted octanol–water partition coefficient (Wildman–Crippen LogP) is 3.88. The maximum atomic E-state index is 13.2. The van der Waals surface area contributed by atoms with Crippen LogP contribution in [0, 0.1) is 0 Å². The van der Waals surface area contributed by atoms with Gasteiger partial charge in [-0.25, -0.2) is 0 Å². The van der Waals surface area contributed by atoms with Gasteiger partial charge in [-0.05, 0) is 44.5 Å². The van der Waals surface area contributed by atoms with Gasteiger partial charge in [0.1, 0.15) is 5.75 Å². The fourth-order valence-electron chi connectivity index (χ4n) is 2.40. The van der Waals surface area contributed by atoms with Crippen molar-refractivity contribution in [3.63, 3.8) is 0 Å². The SMILES string of the molecule is C=C[C@](C)(CCC(=O)OCC)N(C(=O)C(F)(F)F)c1ccc(OC)cc1. The average Bonchev–Trinajstić information content (AvgIpc) is 2.60. The van der Waals surface area contributed by atoms with Gasteiger partial charge in [0, 0.05) is 12.1 Å².